The number of carboxylic acids is 1. The van der Waals surface area contributed by atoms with Crippen LogP contribution in [0.4, 0.5) is 0 Å². The van der Waals surface area contributed by atoms with Gasteiger partial charge >= 0.3 is 5.97 Å². The van der Waals surface area contributed by atoms with Crippen molar-refractivity contribution in [3.63, 3.8) is 0 Å². The minimum atomic E-state index is -1.08. The van der Waals surface area contributed by atoms with Gasteiger partial charge in [0.2, 0.25) is 5.91 Å². The van der Waals surface area contributed by atoms with Crippen LogP contribution in [0, 0.1) is 23.2 Å². The molecule has 5 atom stereocenters. The number of carbonyl (C=O) groups excluding carboxylic acids is 1. The number of amidine groups is 1. The fourth-order valence-corrected chi connectivity index (χ4v) is 4.63. The molecule has 0 aromatic heterocycles. The van der Waals surface area contributed by atoms with Crippen molar-refractivity contribution in [2.45, 2.75) is 38.8 Å². The van der Waals surface area contributed by atoms with Crippen LogP contribution in [0.3, 0.4) is 0 Å². The zero-order chi connectivity index (χ0) is 18.5. The van der Waals surface area contributed by atoms with Crippen LogP contribution in [0.2, 0.25) is 0 Å². The first-order valence-corrected chi connectivity index (χ1v) is 8.75. The maximum Gasteiger partial charge on any atom is 0.352 e. The third-order valence-corrected chi connectivity index (χ3v) is 5.79. The molecular formula is C17H26N4O4. The van der Waals surface area contributed by atoms with Gasteiger partial charge in [0.15, 0.2) is 0 Å². The number of aliphatic carboxylic acids is 1. The van der Waals surface area contributed by atoms with Crippen molar-refractivity contribution in [3.8, 4) is 0 Å². The van der Waals surface area contributed by atoms with E-state index in [2.05, 4.69) is 4.90 Å². The number of likely N-dealkylation sites (tertiary alicyclic amines) is 1. The lowest BCUT2D eigenvalue weighted by Gasteiger charge is -2.46. The summed E-state index contributed by atoms with van der Waals surface area (Å²) in [5.41, 5.74) is 6.33. The van der Waals surface area contributed by atoms with Gasteiger partial charge in [-0.05, 0) is 31.4 Å². The molecule has 2 saturated heterocycles. The molecule has 0 spiro atoms. The monoisotopic (exact) mass is 350 g/mol. The molecule has 5 N–H and O–H groups in total. The minimum absolute atomic E-state index is 0.0877. The predicted octanol–water partition coefficient (Wildman–Crippen LogP) is -0.169. The SMILES string of the molecule is C[C@@H](O)[C@H]1C(=O)N2C(C(=O)O)=C(CN3CC[C@@H](CC(=N)N)C3)[C@H](C)[C@H]12. The number of nitrogens with one attached hydrogen (secondary N) is 1. The summed E-state index contributed by atoms with van der Waals surface area (Å²) in [6, 6.07) is -0.260. The molecule has 3 aliphatic rings. The molecule has 0 saturated carbocycles. The number of amides is 1. The van der Waals surface area contributed by atoms with Gasteiger partial charge in [-0.3, -0.25) is 15.1 Å². The third-order valence-electron chi connectivity index (χ3n) is 5.79. The van der Waals surface area contributed by atoms with Gasteiger partial charge in [-0.1, -0.05) is 6.92 Å². The normalized spacial score (nSPS) is 33.4. The Morgan fingerprint density at radius 2 is 2.16 bits per heavy atom. The molecule has 0 aromatic carbocycles. The Bertz CT molecular complexity index is 645. The van der Waals surface area contributed by atoms with Crippen LogP contribution in [0.5, 0.6) is 0 Å². The lowest BCUT2D eigenvalue weighted by Crippen LogP contribution is -2.63. The Hall–Kier alpha value is -1.93. The topological polar surface area (TPSA) is 131 Å². The van der Waals surface area contributed by atoms with Crippen LogP contribution in [-0.4, -0.2) is 69.5 Å². The standard InChI is InChI=1S/C17H26N4O4/c1-8-11(7-20-4-3-10(6-20)5-12(18)19)15(17(24)25)21-14(8)13(9(2)22)16(21)23/h8-10,13-14,22H,3-7H2,1-2H3,(H3,18,19)(H,24,25)/t8-,9+,10-,13+,14+/m0/s1. The molecule has 3 aliphatic heterocycles. The van der Waals surface area contributed by atoms with Gasteiger partial charge in [-0.2, -0.15) is 0 Å². The highest BCUT2D eigenvalue weighted by molar-refractivity contribution is 6.00. The molecule has 2 fully saturated rings. The van der Waals surface area contributed by atoms with Crippen LogP contribution >= 0.6 is 0 Å². The number of rotatable bonds is 6. The average molecular weight is 350 g/mol. The Kier molecular flexibility index (Phi) is 4.59. The van der Waals surface area contributed by atoms with E-state index in [0.717, 1.165) is 25.1 Å². The van der Waals surface area contributed by atoms with E-state index in [-0.39, 0.29) is 29.4 Å². The van der Waals surface area contributed by atoms with Crippen molar-refractivity contribution in [2.75, 3.05) is 19.6 Å². The highest BCUT2D eigenvalue weighted by Crippen LogP contribution is 2.47. The molecule has 0 aromatic rings. The van der Waals surface area contributed by atoms with Gasteiger partial charge in [0.05, 0.1) is 23.9 Å². The molecule has 1 amide bonds. The maximum absolute atomic E-state index is 12.3. The van der Waals surface area contributed by atoms with Gasteiger partial charge < -0.3 is 20.8 Å². The highest BCUT2D eigenvalue weighted by atomic mass is 16.4. The van der Waals surface area contributed by atoms with Crippen molar-refractivity contribution < 1.29 is 19.8 Å². The van der Waals surface area contributed by atoms with E-state index in [9.17, 15) is 19.8 Å². The molecule has 3 heterocycles. The van der Waals surface area contributed by atoms with Gasteiger partial charge in [-0.25, -0.2) is 4.79 Å². The van der Waals surface area contributed by atoms with Crippen LogP contribution < -0.4 is 5.73 Å². The lowest BCUT2D eigenvalue weighted by atomic mass is 9.77. The summed E-state index contributed by atoms with van der Waals surface area (Å²) in [4.78, 5) is 27.6. The quantitative estimate of drug-likeness (QED) is 0.299. The zero-order valence-corrected chi connectivity index (χ0v) is 14.6. The number of β-lactam (4-membered cyclic amide) rings is 1. The van der Waals surface area contributed by atoms with Crippen LogP contribution in [-0.2, 0) is 9.59 Å². The summed E-state index contributed by atoms with van der Waals surface area (Å²) in [5, 5.41) is 26.9. The Morgan fingerprint density at radius 1 is 1.48 bits per heavy atom. The molecule has 0 bridgehead atoms. The summed E-state index contributed by atoms with van der Waals surface area (Å²) in [6.07, 6.45) is 0.720. The lowest BCUT2D eigenvalue weighted by molar-refractivity contribution is -0.163. The number of hydrogen-bond acceptors (Lipinski definition) is 5. The number of fused-ring (bicyclic) bond motifs is 1. The van der Waals surface area contributed by atoms with Crippen molar-refractivity contribution in [2.24, 2.45) is 23.5 Å². The van der Waals surface area contributed by atoms with E-state index >= 15 is 0 Å². The first-order valence-electron chi connectivity index (χ1n) is 8.75. The fraction of sp³-hybridized carbons (Fsp3) is 0.706. The maximum atomic E-state index is 12.3. The Balaban J connectivity index is 1.77. The fourth-order valence-electron chi connectivity index (χ4n) is 4.63. The number of aliphatic hydroxyl groups is 1. The number of aliphatic hydroxyl groups excluding tert-OH is 1. The number of carboxylic acid groups (broad SMARTS) is 1. The second-order valence-electron chi connectivity index (χ2n) is 7.55. The highest BCUT2D eigenvalue weighted by Gasteiger charge is 2.59. The number of carbonyl (C=O) groups is 2. The van der Waals surface area contributed by atoms with E-state index in [1.165, 1.54) is 4.90 Å². The molecule has 138 valence electrons. The van der Waals surface area contributed by atoms with Crippen molar-refractivity contribution in [1.82, 2.24) is 9.80 Å². The van der Waals surface area contributed by atoms with E-state index in [0.29, 0.717) is 18.9 Å². The molecule has 8 heteroatoms. The molecular weight excluding hydrogens is 324 g/mol. The molecule has 25 heavy (non-hydrogen) atoms. The second kappa shape index (κ2) is 6.42. The van der Waals surface area contributed by atoms with E-state index in [4.69, 9.17) is 11.1 Å². The predicted molar refractivity (Wildman–Crippen MR) is 90.7 cm³/mol. The Morgan fingerprint density at radius 3 is 2.72 bits per heavy atom. The second-order valence-corrected chi connectivity index (χ2v) is 7.55. The van der Waals surface area contributed by atoms with Crippen molar-refractivity contribution >= 4 is 17.7 Å². The number of nitrogens with zero attached hydrogens (tertiary/aromatic N) is 2. The minimum Gasteiger partial charge on any atom is -0.477 e. The largest absolute Gasteiger partial charge is 0.477 e. The van der Waals surface area contributed by atoms with Gasteiger partial charge in [0.25, 0.3) is 0 Å². The smallest absolute Gasteiger partial charge is 0.352 e. The summed E-state index contributed by atoms with van der Waals surface area (Å²) in [6.45, 7) is 5.64. The first kappa shape index (κ1) is 17.9. The van der Waals surface area contributed by atoms with Crippen LogP contribution in [0.15, 0.2) is 11.3 Å². The summed E-state index contributed by atoms with van der Waals surface area (Å²) in [7, 11) is 0. The molecule has 0 radical (unpaired) electrons. The summed E-state index contributed by atoms with van der Waals surface area (Å²) < 4.78 is 0. The van der Waals surface area contributed by atoms with Crippen LogP contribution in [0.1, 0.15) is 26.7 Å². The molecule has 0 aliphatic carbocycles. The van der Waals surface area contributed by atoms with Crippen molar-refractivity contribution in [1.29, 1.82) is 5.41 Å². The van der Waals surface area contributed by atoms with Gasteiger partial charge in [0.1, 0.15) is 5.70 Å². The van der Waals surface area contributed by atoms with E-state index < -0.39 is 18.0 Å². The number of hydrogen-bond donors (Lipinski definition) is 4. The summed E-state index contributed by atoms with van der Waals surface area (Å²) in [5.74, 6) is -1.48. The van der Waals surface area contributed by atoms with E-state index in [1.54, 1.807) is 6.92 Å². The molecule has 8 nitrogen and oxygen atoms in total. The zero-order valence-electron chi connectivity index (χ0n) is 14.6. The Labute approximate surface area is 146 Å². The van der Waals surface area contributed by atoms with Gasteiger partial charge in [-0.15, -0.1) is 0 Å². The third kappa shape index (κ3) is 2.93. The summed E-state index contributed by atoms with van der Waals surface area (Å²) >= 11 is 0. The van der Waals surface area contributed by atoms with Gasteiger partial charge in [0, 0.05) is 25.4 Å². The van der Waals surface area contributed by atoms with E-state index in [1.807, 2.05) is 6.92 Å². The van der Waals surface area contributed by atoms with Crippen molar-refractivity contribution in [3.05, 3.63) is 11.3 Å². The average Bonchev–Trinajstić information content (AvgIpc) is 3.01. The molecule has 0 unspecified atom stereocenters. The number of nitrogens with two attached hydrogens (primary N) is 1. The first-order chi connectivity index (χ1) is 11.7. The van der Waals surface area contributed by atoms with Crippen LogP contribution in [0.25, 0.3) is 0 Å². The molecule has 3 rings (SSSR count).